The van der Waals surface area contributed by atoms with E-state index in [9.17, 15) is 4.79 Å². The first-order valence-electron chi connectivity index (χ1n) is 6.84. The van der Waals surface area contributed by atoms with Crippen LogP contribution in [-0.2, 0) is 4.74 Å². The fourth-order valence-electron chi connectivity index (χ4n) is 2.63. The van der Waals surface area contributed by atoms with Crippen molar-refractivity contribution in [3.05, 3.63) is 0 Å². The highest BCUT2D eigenvalue weighted by Crippen LogP contribution is 2.35. The molecule has 17 heavy (non-hydrogen) atoms. The van der Waals surface area contributed by atoms with E-state index in [1.165, 1.54) is 12.8 Å². The molecule has 4 heteroatoms. The van der Waals surface area contributed by atoms with Crippen LogP contribution in [0, 0.1) is 0 Å². The van der Waals surface area contributed by atoms with Gasteiger partial charge in [0.25, 0.3) is 0 Å². The topological polar surface area (TPSA) is 55.6 Å². The molecular weight excluding hydrogens is 216 g/mol. The van der Waals surface area contributed by atoms with Gasteiger partial charge in [-0.25, -0.2) is 4.79 Å². The Balaban J connectivity index is 2.71. The highest BCUT2D eigenvalue weighted by atomic mass is 16.6. The Kier molecular flexibility index (Phi) is 5.75. The molecule has 0 saturated heterocycles. The molecule has 1 amide bonds. The van der Waals surface area contributed by atoms with Crippen LogP contribution in [0.2, 0.25) is 0 Å². The fourth-order valence-corrected chi connectivity index (χ4v) is 2.63. The second-order valence-electron chi connectivity index (χ2n) is 4.90. The SMILES string of the molecule is CCCOC(=O)N(CCC)C1(CN)CCCC1. The van der Waals surface area contributed by atoms with Crippen molar-refractivity contribution in [2.24, 2.45) is 5.73 Å². The third-order valence-corrected chi connectivity index (χ3v) is 3.58. The van der Waals surface area contributed by atoms with Crippen molar-refractivity contribution >= 4 is 6.09 Å². The van der Waals surface area contributed by atoms with E-state index in [0.717, 1.165) is 32.2 Å². The maximum absolute atomic E-state index is 12.1. The second-order valence-corrected chi connectivity index (χ2v) is 4.90. The number of amides is 1. The number of carbonyl (C=O) groups is 1. The normalized spacial score (nSPS) is 18.1. The number of nitrogens with zero attached hydrogens (tertiary/aromatic N) is 1. The summed E-state index contributed by atoms with van der Waals surface area (Å²) in [5.74, 6) is 0. The molecule has 0 aliphatic heterocycles. The minimum Gasteiger partial charge on any atom is -0.449 e. The van der Waals surface area contributed by atoms with Gasteiger partial charge in [0, 0.05) is 13.1 Å². The molecule has 0 aromatic carbocycles. The second kappa shape index (κ2) is 6.84. The Morgan fingerprint density at radius 1 is 1.29 bits per heavy atom. The van der Waals surface area contributed by atoms with Gasteiger partial charge in [0.1, 0.15) is 0 Å². The van der Waals surface area contributed by atoms with Crippen LogP contribution >= 0.6 is 0 Å². The molecule has 1 saturated carbocycles. The first-order valence-corrected chi connectivity index (χ1v) is 6.84. The molecule has 2 N–H and O–H groups in total. The summed E-state index contributed by atoms with van der Waals surface area (Å²) in [5, 5.41) is 0. The van der Waals surface area contributed by atoms with Gasteiger partial charge in [0.05, 0.1) is 12.1 Å². The smallest absolute Gasteiger partial charge is 0.410 e. The average Bonchev–Trinajstić information content (AvgIpc) is 2.82. The van der Waals surface area contributed by atoms with E-state index in [0.29, 0.717) is 13.2 Å². The van der Waals surface area contributed by atoms with Crippen LogP contribution in [0.25, 0.3) is 0 Å². The lowest BCUT2D eigenvalue weighted by Crippen LogP contribution is -2.55. The number of hydrogen-bond acceptors (Lipinski definition) is 3. The zero-order chi connectivity index (χ0) is 12.7. The highest BCUT2D eigenvalue weighted by Gasteiger charge is 2.41. The molecule has 1 fully saturated rings. The maximum atomic E-state index is 12.1. The number of rotatable bonds is 6. The Morgan fingerprint density at radius 2 is 1.94 bits per heavy atom. The third kappa shape index (κ3) is 3.35. The average molecular weight is 242 g/mol. The summed E-state index contributed by atoms with van der Waals surface area (Å²) in [7, 11) is 0. The Bertz CT molecular complexity index is 238. The summed E-state index contributed by atoms with van der Waals surface area (Å²) in [5.41, 5.74) is 5.78. The molecular formula is C13H26N2O2. The zero-order valence-electron chi connectivity index (χ0n) is 11.2. The van der Waals surface area contributed by atoms with Crippen LogP contribution in [0.5, 0.6) is 0 Å². The molecule has 4 nitrogen and oxygen atoms in total. The standard InChI is InChI=1S/C13H26N2O2/c1-3-9-15(12(16)17-10-4-2)13(11-14)7-5-6-8-13/h3-11,14H2,1-2H3. The van der Waals surface area contributed by atoms with Gasteiger partial charge in [0.15, 0.2) is 0 Å². The van der Waals surface area contributed by atoms with Crippen LogP contribution in [-0.4, -0.2) is 36.2 Å². The largest absolute Gasteiger partial charge is 0.449 e. The lowest BCUT2D eigenvalue weighted by atomic mass is 9.95. The van der Waals surface area contributed by atoms with Crippen molar-refractivity contribution in [3.8, 4) is 0 Å². The van der Waals surface area contributed by atoms with Crippen molar-refractivity contribution in [1.82, 2.24) is 4.90 Å². The first kappa shape index (κ1) is 14.3. The molecule has 0 bridgehead atoms. The van der Waals surface area contributed by atoms with E-state index in [4.69, 9.17) is 10.5 Å². The van der Waals surface area contributed by atoms with E-state index >= 15 is 0 Å². The van der Waals surface area contributed by atoms with Gasteiger partial charge in [-0.1, -0.05) is 26.7 Å². The predicted molar refractivity (Wildman–Crippen MR) is 68.9 cm³/mol. The predicted octanol–water partition coefficient (Wildman–Crippen LogP) is 2.52. The van der Waals surface area contributed by atoms with Gasteiger partial charge in [-0.05, 0) is 25.7 Å². The molecule has 0 atom stereocenters. The molecule has 1 aliphatic rings. The summed E-state index contributed by atoms with van der Waals surface area (Å²) in [6, 6.07) is 0. The molecule has 0 aromatic rings. The molecule has 0 heterocycles. The van der Waals surface area contributed by atoms with Crippen molar-refractivity contribution in [3.63, 3.8) is 0 Å². The Hall–Kier alpha value is -0.770. The van der Waals surface area contributed by atoms with Gasteiger partial charge in [0.2, 0.25) is 0 Å². The van der Waals surface area contributed by atoms with E-state index in [1.54, 1.807) is 0 Å². The van der Waals surface area contributed by atoms with Crippen LogP contribution < -0.4 is 5.73 Å². The van der Waals surface area contributed by atoms with Crippen molar-refractivity contribution in [1.29, 1.82) is 0 Å². The van der Waals surface area contributed by atoms with Crippen molar-refractivity contribution in [2.45, 2.75) is 57.9 Å². The zero-order valence-corrected chi connectivity index (χ0v) is 11.2. The Labute approximate surface area is 104 Å². The summed E-state index contributed by atoms with van der Waals surface area (Å²) in [6.07, 6.45) is 6.00. The summed E-state index contributed by atoms with van der Waals surface area (Å²) < 4.78 is 5.28. The molecule has 0 spiro atoms. The monoisotopic (exact) mass is 242 g/mol. The van der Waals surface area contributed by atoms with E-state index < -0.39 is 0 Å². The molecule has 0 unspecified atom stereocenters. The van der Waals surface area contributed by atoms with Crippen molar-refractivity contribution in [2.75, 3.05) is 19.7 Å². The molecule has 0 radical (unpaired) electrons. The molecule has 1 rings (SSSR count). The minimum absolute atomic E-state index is 0.138. The number of ether oxygens (including phenoxy) is 1. The van der Waals surface area contributed by atoms with Crippen LogP contribution in [0.1, 0.15) is 52.4 Å². The molecule has 1 aliphatic carbocycles. The van der Waals surface area contributed by atoms with E-state index in [2.05, 4.69) is 6.92 Å². The van der Waals surface area contributed by atoms with Gasteiger partial charge >= 0.3 is 6.09 Å². The number of carbonyl (C=O) groups excluding carboxylic acids is 1. The van der Waals surface area contributed by atoms with E-state index in [-0.39, 0.29) is 11.6 Å². The summed E-state index contributed by atoms with van der Waals surface area (Å²) in [4.78, 5) is 14.0. The number of hydrogen-bond donors (Lipinski definition) is 1. The fraction of sp³-hybridized carbons (Fsp3) is 0.923. The lowest BCUT2D eigenvalue weighted by Gasteiger charge is -2.39. The van der Waals surface area contributed by atoms with E-state index in [1.807, 2.05) is 11.8 Å². The van der Waals surface area contributed by atoms with Crippen molar-refractivity contribution < 1.29 is 9.53 Å². The third-order valence-electron chi connectivity index (χ3n) is 3.58. The van der Waals surface area contributed by atoms with Gasteiger partial charge in [-0.2, -0.15) is 0 Å². The summed E-state index contributed by atoms with van der Waals surface area (Å²) >= 11 is 0. The summed E-state index contributed by atoms with van der Waals surface area (Å²) in [6.45, 7) is 5.89. The van der Waals surface area contributed by atoms with Gasteiger partial charge in [-0.15, -0.1) is 0 Å². The highest BCUT2D eigenvalue weighted by molar-refractivity contribution is 5.69. The van der Waals surface area contributed by atoms with Gasteiger partial charge in [-0.3, -0.25) is 0 Å². The quantitative estimate of drug-likeness (QED) is 0.778. The Morgan fingerprint density at radius 3 is 2.41 bits per heavy atom. The molecule has 0 aromatic heterocycles. The molecule has 100 valence electrons. The van der Waals surface area contributed by atoms with Crippen LogP contribution in [0.3, 0.4) is 0 Å². The maximum Gasteiger partial charge on any atom is 0.410 e. The number of nitrogens with two attached hydrogens (primary N) is 1. The van der Waals surface area contributed by atoms with Gasteiger partial charge < -0.3 is 15.4 Å². The van der Waals surface area contributed by atoms with Crippen LogP contribution in [0.15, 0.2) is 0 Å². The first-order chi connectivity index (χ1) is 8.20. The lowest BCUT2D eigenvalue weighted by molar-refractivity contribution is 0.0533. The van der Waals surface area contributed by atoms with Crippen LogP contribution in [0.4, 0.5) is 4.79 Å². The minimum atomic E-state index is -0.180.